The van der Waals surface area contributed by atoms with Crippen LogP contribution < -0.4 is 0 Å². The molecule has 0 atom stereocenters. The monoisotopic (exact) mass is 177 g/mol. The molecule has 0 unspecified atom stereocenters. The Morgan fingerprint density at radius 1 is 1.31 bits per heavy atom. The molecule has 1 rings (SSSR count). The molecule has 0 saturated heterocycles. The number of hydrogen-bond acceptors (Lipinski definition) is 2. The minimum atomic E-state index is 0.293. The van der Waals surface area contributed by atoms with E-state index in [2.05, 4.69) is 18.8 Å². The largest absolute Gasteiger partial charge is 0.508 e. The molecule has 1 aromatic carbocycles. The van der Waals surface area contributed by atoms with Crippen LogP contribution in [0.3, 0.4) is 0 Å². The lowest BCUT2D eigenvalue weighted by molar-refractivity contribution is 0.475. The van der Waals surface area contributed by atoms with E-state index in [0.29, 0.717) is 11.7 Å². The Balaban J connectivity index is 2.54. The highest BCUT2D eigenvalue weighted by Crippen LogP contribution is 2.07. The second-order valence-corrected chi connectivity index (χ2v) is 3.48. The molecule has 1 aromatic rings. The first-order chi connectivity index (χ1) is 6.18. The van der Waals surface area contributed by atoms with Gasteiger partial charge in [0.25, 0.3) is 0 Å². The fourth-order valence-electron chi connectivity index (χ4n) is 0.929. The van der Waals surface area contributed by atoms with Crippen LogP contribution in [0.1, 0.15) is 19.4 Å². The summed E-state index contributed by atoms with van der Waals surface area (Å²) < 4.78 is 0. The van der Waals surface area contributed by atoms with Gasteiger partial charge in [-0.1, -0.05) is 13.8 Å². The SMILES string of the molecule is CC(C)C/N=C/c1ccc(O)cc1. The van der Waals surface area contributed by atoms with Gasteiger partial charge in [0.2, 0.25) is 0 Å². The quantitative estimate of drug-likeness (QED) is 0.707. The first kappa shape index (κ1) is 9.78. The zero-order chi connectivity index (χ0) is 9.68. The van der Waals surface area contributed by atoms with E-state index < -0.39 is 0 Å². The summed E-state index contributed by atoms with van der Waals surface area (Å²) in [7, 11) is 0. The van der Waals surface area contributed by atoms with Crippen LogP contribution >= 0.6 is 0 Å². The third kappa shape index (κ3) is 3.74. The van der Waals surface area contributed by atoms with Gasteiger partial charge in [-0.05, 0) is 35.7 Å². The van der Waals surface area contributed by atoms with Crippen molar-refractivity contribution in [3.8, 4) is 5.75 Å². The summed E-state index contributed by atoms with van der Waals surface area (Å²) in [6.45, 7) is 5.11. The average Bonchev–Trinajstić information content (AvgIpc) is 2.08. The van der Waals surface area contributed by atoms with E-state index in [4.69, 9.17) is 5.11 Å². The maximum Gasteiger partial charge on any atom is 0.115 e. The molecule has 0 radical (unpaired) electrons. The van der Waals surface area contributed by atoms with Crippen molar-refractivity contribution in [3.05, 3.63) is 29.8 Å². The fraction of sp³-hybridized carbons (Fsp3) is 0.364. The van der Waals surface area contributed by atoms with Gasteiger partial charge in [-0.25, -0.2) is 0 Å². The summed E-state index contributed by atoms with van der Waals surface area (Å²) in [6.07, 6.45) is 1.83. The number of benzene rings is 1. The molecule has 0 aliphatic heterocycles. The van der Waals surface area contributed by atoms with Crippen LogP contribution in [0.5, 0.6) is 5.75 Å². The highest BCUT2D eigenvalue weighted by atomic mass is 16.3. The summed E-state index contributed by atoms with van der Waals surface area (Å²) in [4.78, 5) is 4.26. The van der Waals surface area contributed by atoms with Crippen LogP contribution in [0, 0.1) is 5.92 Å². The summed E-state index contributed by atoms with van der Waals surface area (Å²) in [5.41, 5.74) is 1.03. The molecule has 2 heteroatoms. The maximum atomic E-state index is 9.03. The van der Waals surface area contributed by atoms with Crippen molar-refractivity contribution < 1.29 is 5.11 Å². The van der Waals surface area contributed by atoms with Crippen molar-refractivity contribution in [2.24, 2.45) is 10.9 Å². The number of nitrogens with zero attached hydrogens (tertiary/aromatic N) is 1. The molecule has 0 aliphatic rings. The number of phenols is 1. The third-order valence-electron chi connectivity index (χ3n) is 1.60. The van der Waals surface area contributed by atoms with E-state index >= 15 is 0 Å². The Bertz CT molecular complexity index is 275. The number of aromatic hydroxyl groups is 1. The predicted octanol–water partition coefficient (Wildman–Crippen LogP) is 2.47. The minimum absolute atomic E-state index is 0.293. The lowest BCUT2D eigenvalue weighted by Gasteiger charge is -1.97. The molecule has 0 aromatic heterocycles. The first-order valence-electron chi connectivity index (χ1n) is 4.47. The highest BCUT2D eigenvalue weighted by Gasteiger charge is 1.90. The predicted molar refractivity (Wildman–Crippen MR) is 55.4 cm³/mol. The van der Waals surface area contributed by atoms with E-state index in [1.807, 2.05) is 18.3 Å². The van der Waals surface area contributed by atoms with E-state index in [1.54, 1.807) is 12.1 Å². The number of aliphatic imine (C=N–C) groups is 1. The first-order valence-corrected chi connectivity index (χ1v) is 4.47. The van der Waals surface area contributed by atoms with Gasteiger partial charge < -0.3 is 5.11 Å². The summed E-state index contributed by atoms with van der Waals surface area (Å²) in [5, 5.41) is 9.03. The number of hydrogen-bond donors (Lipinski definition) is 1. The molecule has 0 bridgehead atoms. The van der Waals surface area contributed by atoms with E-state index in [1.165, 1.54) is 0 Å². The smallest absolute Gasteiger partial charge is 0.115 e. The van der Waals surface area contributed by atoms with Crippen LogP contribution in [-0.2, 0) is 0 Å². The zero-order valence-corrected chi connectivity index (χ0v) is 8.07. The third-order valence-corrected chi connectivity index (χ3v) is 1.60. The Kier molecular flexibility index (Phi) is 3.50. The topological polar surface area (TPSA) is 32.6 Å². The molecule has 1 N–H and O–H groups in total. The molecule has 0 heterocycles. The fourth-order valence-corrected chi connectivity index (χ4v) is 0.929. The number of rotatable bonds is 3. The number of phenolic OH excluding ortho intramolecular Hbond substituents is 1. The Hall–Kier alpha value is -1.31. The van der Waals surface area contributed by atoms with Gasteiger partial charge in [-0.2, -0.15) is 0 Å². The van der Waals surface area contributed by atoms with E-state index in [9.17, 15) is 0 Å². The van der Waals surface area contributed by atoms with Crippen LogP contribution in [0.2, 0.25) is 0 Å². The Labute approximate surface area is 78.9 Å². The maximum absolute atomic E-state index is 9.03. The molecule has 0 amide bonds. The zero-order valence-electron chi connectivity index (χ0n) is 8.07. The van der Waals surface area contributed by atoms with Crippen molar-refractivity contribution in [1.29, 1.82) is 0 Å². The van der Waals surface area contributed by atoms with Crippen molar-refractivity contribution >= 4 is 6.21 Å². The molecule has 13 heavy (non-hydrogen) atoms. The molecule has 70 valence electrons. The second kappa shape index (κ2) is 4.65. The van der Waals surface area contributed by atoms with Crippen LogP contribution in [0.15, 0.2) is 29.3 Å². The molecule has 0 spiro atoms. The Morgan fingerprint density at radius 2 is 1.92 bits per heavy atom. The van der Waals surface area contributed by atoms with Crippen molar-refractivity contribution in [2.45, 2.75) is 13.8 Å². The van der Waals surface area contributed by atoms with Crippen LogP contribution in [-0.4, -0.2) is 17.9 Å². The standard InChI is InChI=1S/C11H15NO/c1-9(2)7-12-8-10-3-5-11(13)6-4-10/h3-6,8-9,13H,7H2,1-2H3/b12-8+. The molecular weight excluding hydrogens is 162 g/mol. The molecular formula is C11H15NO. The summed E-state index contributed by atoms with van der Waals surface area (Å²) >= 11 is 0. The average molecular weight is 177 g/mol. The summed E-state index contributed by atoms with van der Waals surface area (Å²) in [6, 6.07) is 7.02. The van der Waals surface area contributed by atoms with E-state index in [0.717, 1.165) is 12.1 Å². The van der Waals surface area contributed by atoms with Gasteiger partial charge in [0.05, 0.1) is 0 Å². The van der Waals surface area contributed by atoms with Gasteiger partial charge in [-0.3, -0.25) is 4.99 Å². The normalized spacial score (nSPS) is 11.3. The van der Waals surface area contributed by atoms with Crippen LogP contribution in [0.25, 0.3) is 0 Å². The van der Waals surface area contributed by atoms with Crippen molar-refractivity contribution in [3.63, 3.8) is 0 Å². The lowest BCUT2D eigenvalue weighted by Crippen LogP contribution is -1.92. The van der Waals surface area contributed by atoms with Gasteiger partial charge in [0, 0.05) is 12.8 Å². The highest BCUT2D eigenvalue weighted by molar-refractivity contribution is 5.79. The molecule has 0 saturated carbocycles. The van der Waals surface area contributed by atoms with Gasteiger partial charge >= 0.3 is 0 Å². The molecule has 0 aliphatic carbocycles. The van der Waals surface area contributed by atoms with Crippen molar-refractivity contribution in [1.82, 2.24) is 0 Å². The lowest BCUT2D eigenvalue weighted by atomic mass is 10.2. The minimum Gasteiger partial charge on any atom is -0.508 e. The van der Waals surface area contributed by atoms with Gasteiger partial charge in [0.15, 0.2) is 0 Å². The van der Waals surface area contributed by atoms with Crippen molar-refractivity contribution in [2.75, 3.05) is 6.54 Å². The second-order valence-electron chi connectivity index (χ2n) is 3.48. The van der Waals surface area contributed by atoms with Gasteiger partial charge in [0.1, 0.15) is 5.75 Å². The Morgan fingerprint density at radius 3 is 2.46 bits per heavy atom. The van der Waals surface area contributed by atoms with Crippen LogP contribution in [0.4, 0.5) is 0 Å². The van der Waals surface area contributed by atoms with Gasteiger partial charge in [-0.15, -0.1) is 0 Å². The molecule has 2 nitrogen and oxygen atoms in total. The molecule has 0 fully saturated rings. The summed E-state index contributed by atoms with van der Waals surface area (Å²) in [5.74, 6) is 0.884. The van der Waals surface area contributed by atoms with E-state index in [-0.39, 0.29) is 0 Å².